The van der Waals surface area contributed by atoms with E-state index in [0.29, 0.717) is 30.3 Å². The van der Waals surface area contributed by atoms with Crippen LogP contribution in [-0.2, 0) is 4.79 Å². The molecule has 7 nitrogen and oxygen atoms in total. The second-order valence-electron chi connectivity index (χ2n) is 5.92. The molecule has 126 valence electrons. The Morgan fingerprint density at radius 2 is 2.04 bits per heavy atom. The molecule has 2 heterocycles. The molecule has 24 heavy (non-hydrogen) atoms. The second kappa shape index (κ2) is 6.35. The third-order valence-electron chi connectivity index (χ3n) is 4.00. The summed E-state index contributed by atoms with van der Waals surface area (Å²) in [6.45, 7) is 4.40. The minimum Gasteiger partial charge on any atom is -0.495 e. The third kappa shape index (κ3) is 3.10. The highest BCUT2D eigenvalue weighted by molar-refractivity contribution is 5.98. The average molecular weight is 329 g/mol. The monoisotopic (exact) mass is 329 g/mol. The molecule has 0 radical (unpaired) electrons. The Kier molecular flexibility index (Phi) is 4.24. The summed E-state index contributed by atoms with van der Waals surface area (Å²) in [6, 6.07) is 7.18. The molecule has 0 bridgehead atoms. The van der Waals surface area contributed by atoms with E-state index in [1.165, 1.54) is 0 Å². The number of hydrogen-bond acceptors (Lipinski definition) is 5. The zero-order valence-corrected chi connectivity index (χ0v) is 13.8. The summed E-state index contributed by atoms with van der Waals surface area (Å²) in [5.74, 6) is 0.606. The molecule has 7 heteroatoms. The molecular formula is C17H19N3O4. The van der Waals surface area contributed by atoms with Crippen LogP contribution in [0.5, 0.6) is 5.75 Å². The fraction of sp³-hybridized carbons (Fsp3) is 0.353. The smallest absolute Gasteiger partial charge is 0.276 e. The van der Waals surface area contributed by atoms with Crippen LogP contribution in [0, 0.1) is 19.8 Å². The van der Waals surface area contributed by atoms with Crippen LogP contribution in [0.4, 0.5) is 5.69 Å². The number of carbonyl (C=O) groups is 2. The van der Waals surface area contributed by atoms with E-state index < -0.39 is 0 Å². The molecule has 0 aliphatic carbocycles. The predicted molar refractivity (Wildman–Crippen MR) is 87.0 cm³/mol. The molecule has 1 N–H and O–H groups in total. The quantitative estimate of drug-likeness (QED) is 0.927. The zero-order valence-electron chi connectivity index (χ0n) is 13.8. The molecule has 0 saturated carbocycles. The van der Waals surface area contributed by atoms with Crippen molar-refractivity contribution in [2.24, 2.45) is 5.92 Å². The average Bonchev–Trinajstić information content (AvgIpc) is 2.92. The van der Waals surface area contributed by atoms with Crippen LogP contribution in [0.3, 0.4) is 0 Å². The number of rotatable bonds is 4. The molecule has 0 spiro atoms. The predicted octanol–water partition coefficient (Wildman–Crippen LogP) is 2.01. The summed E-state index contributed by atoms with van der Waals surface area (Å²) >= 11 is 0. The van der Waals surface area contributed by atoms with Crippen molar-refractivity contribution < 1.29 is 18.8 Å². The fourth-order valence-corrected chi connectivity index (χ4v) is 2.59. The number of amides is 2. The van der Waals surface area contributed by atoms with Gasteiger partial charge in [-0.3, -0.25) is 9.59 Å². The lowest BCUT2D eigenvalue weighted by atomic mass is 9.98. The number of benzene rings is 1. The van der Waals surface area contributed by atoms with Crippen molar-refractivity contribution in [1.29, 1.82) is 0 Å². The van der Waals surface area contributed by atoms with Crippen LogP contribution in [-0.4, -0.2) is 42.1 Å². The van der Waals surface area contributed by atoms with Crippen molar-refractivity contribution in [2.75, 3.05) is 25.5 Å². The Morgan fingerprint density at radius 3 is 2.67 bits per heavy atom. The van der Waals surface area contributed by atoms with E-state index in [2.05, 4.69) is 10.5 Å². The van der Waals surface area contributed by atoms with Gasteiger partial charge >= 0.3 is 0 Å². The van der Waals surface area contributed by atoms with Gasteiger partial charge in [0.25, 0.3) is 5.91 Å². The number of nitrogens with one attached hydrogen (secondary N) is 1. The molecule has 1 saturated heterocycles. The van der Waals surface area contributed by atoms with Gasteiger partial charge in [-0.1, -0.05) is 11.2 Å². The van der Waals surface area contributed by atoms with Gasteiger partial charge < -0.3 is 19.5 Å². The molecule has 0 unspecified atom stereocenters. The van der Waals surface area contributed by atoms with Crippen LogP contribution in [0.1, 0.15) is 21.8 Å². The lowest BCUT2D eigenvalue weighted by molar-refractivity contribution is -0.123. The molecule has 1 aliphatic heterocycles. The number of nitrogens with zero attached hydrogens (tertiary/aromatic N) is 2. The van der Waals surface area contributed by atoms with Crippen molar-refractivity contribution in [3.63, 3.8) is 0 Å². The molecule has 1 fully saturated rings. The zero-order chi connectivity index (χ0) is 17.3. The highest BCUT2D eigenvalue weighted by Gasteiger charge is 2.37. The topological polar surface area (TPSA) is 84.7 Å². The Hall–Kier alpha value is -2.83. The maximum absolute atomic E-state index is 12.3. The van der Waals surface area contributed by atoms with Gasteiger partial charge in [0.1, 0.15) is 11.5 Å². The van der Waals surface area contributed by atoms with Gasteiger partial charge in [-0.15, -0.1) is 0 Å². The molecule has 2 aromatic rings. The van der Waals surface area contributed by atoms with Gasteiger partial charge in [-0.25, -0.2) is 0 Å². The molecule has 0 atom stereocenters. The van der Waals surface area contributed by atoms with E-state index in [-0.39, 0.29) is 23.4 Å². The number of hydrogen-bond donors (Lipinski definition) is 1. The number of methoxy groups -OCH3 is 1. The first-order chi connectivity index (χ1) is 11.5. The minimum absolute atomic E-state index is 0.126. The summed E-state index contributed by atoms with van der Waals surface area (Å²) < 4.78 is 10.2. The van der Waals surface area contributed by atoms with Gasteiger partial charge in [0.2, 0.25) is 5.91 Å². The summed E-state index contributed by atoms with van der Waals surface area (Å²) in [7, 11) is 1.56. The first-order valence-electron chi connectivity index (χ1n) is 7.66. The first kappa shape index (κ1) is 16.0. The molecule has 1 aliphatic rings. The summed E-state index contributed by atoms with van der Waals surface area (Å²) in [5, 5.41) is 6.58. The Labute approximate surface area is 139 Å². The van der Waals surface area contributed by atoms with E-state index in [1.54, 1.807) is 25.0 Å². The fourth-order valence-electron chi connectivity index (χ4n) is 2.59. The van der Waals surface area contributed by atoms with E-state index in [1.807, 2.05) is 25.1 Å². The molecule has 1 aromatic heterocycles. The third-order valence-corrected chi connectivity index (χ3v) is 4.00. The normalized spacial score (nSPS) is 14.2. The molecule has 2 amide bonds. The maximum Gasteiger partial charge on any atom is 0.276 e. The van der Waals surface area contributed by atoms with Crippen molar-refractivity contribution >= 4 is 17.5 Å². The Morgan fingerprint density at radius 1 is 1.29 bits per heavy atom. The van der Waals surface area contributed by atoms with Crippen LogP contribution < -0.4 is 10.1 Å². The lowest BCUT2D eigenvalue weighted by Crippen LogP contribution is -2.54. The van der Waals surface area contributed by atoms with E-state index in [4.69, 9.17) is 9.26 Å². The lowest BCUT2D eigenvalue weighted by Gasteiger charge is -2.37. The Balaban J connectivity index is 1.59. The summed E-state index contributed by atoms with van der Waals surface area (Å²) in [6.07, 6.45) is 0. The molecular weight excluding hydrogens is 310 g/mol. The number of ether oxygens (including phenoxy) is 1. The summed E-state index contributed by atoms with van der Waals surface area (Å²) in [4.78, 5) is 26.1. The van der Waals surface area contributed by atoms with Crippen molar-refractivity contribution in [2.45, 2.75) is 13.8 Å². The van der Waals surface area contributed by atoms with Crippen LogP contribution in [0.15, 0.2) is 28.8 Å². The number of aromatic nitrogens is 1. The first-order valence-corrected chi connectivity index (χ1v) is 7.66. The Bertz CT molecular complexity index is 778. The van der Waals surface area contributed by atoms with Crippen LogP contribution in [0.2, 0.25) is 0 Å². The summed E-state index contributed by atoms with van der Waals surface area (Å²) in [5.41, 5.74) is 1.93. The SMILES string of the molecule is COc1ccc(C)cc1NC(=O)C1CN(C(=O)c2cc(C)on2)C1. The van der Waals surface area contributed by atoms with Gasteiger partial charge in [0.05, 0.1) is 18.7 Å². The van der Waals surface area contributed by atoms with Gasteiger partial charge in [0, 0.05) is 19.2 Å². The number of aryl methyl sites for hydroxylation is 2. The van der Waals surface area contributed by atoms with E-state index >= 15 is 0 Å². The maximum atomic E-state index is 12.3. The largest absolute Gasteiger partial charge is 0.495 e. The highest BCUT2D eigenvalue weighted by atomic mass is 16.5. The van der Waals surface area contributed by atoms with Crippen LogP contribution in [0.25, 0.3) is 0 Å². The van der Waals surface area contributed by atoms with Crippen LogP contribution >= 0.6 is 0 Å². The standard InChI is InChI=1S/C17H19N3O4/c1-10-4-5-15(23-3)13(6-10)18-16(21)12-8-20(9-12)17(22)14-7-11(2)24-19-14/h4-7,12H,8-9H2,1-3H3,(H,18,21). The highest BCUT2D eigenvalue weighted by Crippen LogP contribution is 2.27. The van der Waals surface area contributed by atoms with E-state index in [0.717, 1.165) is 5.56 Å². The molecule has 3 rings (SSSR count). The van der Waals surface area contributed by atoms with Crippen molar-refractivity contribution in [3.8, 4) is 5.75 Å². The number of likely N-dealkylation sites (tertiary alicyclic amines) is 1. The van der Waals surface area contributed by atoms with Gasteiger partial charge in [-0.05, 0) is 31.5 Å². The van der Waals surface area contributed by atoms with Gasteiger partial charge in [-0.2, -0.15) is 0 Å². The van der Waals surface area contributed by atoms with Gasteiger partial charge in [0.15, 0.2) is 5.69 Å². The van der Waals surface area contributed by atoms with Crippen molar-refractivity contribution in [3.05, 3.63) is 41.3 Å². The van der Waals surface area contributed by atoms with E-state index in [9.17, 15) is 9.59 Å². The van der Waals surface area contributed by atoms with Crippen molar-refractivity contribution in [1.82, 2.24) is 10.1 Å². The minimum atomic E-state index is -0.243. The number of carbonyl (C=O) groups excluding carboxylic acids is 2. The molecule has 1 aromatic carbocycles. The number of anilines is 1. The second-order valence-corrected chi connectivity index (χ2v) is 5.92.